The van der Waals surface area contributed by atoms with Crippen molar-refractivity contribution in [1.82, 2.24) is 4.90 Å². The number of carboxylic acid groups (broad SMARTS) is 1. The van der Waals surface area contributed by atoms with Gasteiger partial charge in [0.15, 0.2) is 0 Å². The van der Waals surface area contributed by atoms with E-state index in [1.54, 1.807) is 6.07 Å². The second-order valence-corrected chi connectivity index (χ2v) is 10.1. The summed E-state index contributed by atoms with van der Waals surface area (Å²) in [7, 11) is 0. The molecule has 6 nitrogen and oxygen atoms in total. The third kappa shape index (κ3) is 6.03. The number of halogens is 3. The largest absolute Gasteiger partial charge is 0.550 e. The molecule has 2 atom stereocenters. The van der Waals surface area contributed by atoms with Crippen LogP contribution in [0.25, 0.3) is 0 Å². The van der Waals surface area contributed by atoms with Gasteiger partial charge in [0.1, 0.15) is 0 Å². The summed E-state index contributed by atoms with van der Waals surface area (Å²) in [6.45, 7) is 5.11. The number of hydrogen-bond acceptors (Lipinski definition) is 4. The highest BCUT2D eigenvalue weighted by Gasteiger charge is 2.36. The molecule has 9 heteroatoms. The van der Waals surface area contributed by atoms with Gasteiger partial charge in [-0.1, -0.05) is 12.5 Å². The molecule has 3 aliphatic rings. The van der Waals surface area contributed by atoms with Gasteiger partial charge in [-0.2, -0.15) is 13.2 Å². The molecule has 2 saturated heterocycles. The zero-order valence-electron chi connectivity index (χ0n) is 19.5. The van der Waals surface area contributed by atoms with Gasteiger partial charge in [0, 0.05) is 37.1 Å². The maximum absolute atomic E-state index is 13.0. The number of alkyl halides is 3. The molecular formula is C25H34F3N3O3. The zero-order chi connectivity index (χ0) is 24.3. The number of nitrogens with one attached hydrogen (secondary N) is 1. The Morgan fingerprint density at radius 2 is 1.79 bits per heavy atom. The van der Waals surface area contributed by atoms with Crippen molar-refractivity contribution in [3.8, 4) is 0 Å². The Hall–Kier alpha value is -2.29. The number of anilines is 1. The predicted molar refractivity (Wildman–Crippen MR) is 119 cm³/mol. The number of aliphatic carboxylic acids is 1. The van der Waals surface area contributed by atoms with Crippen LogP contribution in [-0.2, 0) is 15.8 Å². The summed E-state index contributed by atoms with van der Waals surface area (Å²) in [6.07, 6.45) is 0.261. The van der Waals surface area contributed by atoms with E-state index in [1.165, 1.54) is 17.0 Å². The fourth-order valence-electron chi connectivity index (χ4n) is 5.60. The number of carbonyl (C=O) groups excluding carboxylic acids is 2. The summed E-state index contributed by atoms with van der Waals surface area (Å²) in [5, 5.41) is 11.3. The van der Waals surface area contributed by atoms with Crippen LogP contribution < -0.4 is 14.9 Å². The quantitative estimate of drug-likeness (QED) is 0.636. The van der Waals surface area contributed by atoms with E-state index >= 15 is 0 Å². The molecule has 1 aromatic carbocycles. The van der Waals surface area contributed by atoms with Crippen molar-refractivity contribution < 1.29 is 32.8 Å². The van der Waals surface area contributed by atoms with Crippen molar-refractivity contribution >= 4 is 17.6 Å². The number of piperidine rings is 1. The predicted octanol–water partition coefficient (Wildman–Crippen LogP) is 1.21. The second-order valence-electron chi connectivity index (χ2n) is 10.1. The summed E-state index contributed by atoms with van der Waals surface area (Å²) in [4.78, 5) is 29.3. The van der Waals surface area contributed by atoms with Gasteiger partial charge in [0.2, 0.25) is 5.91 Å². The number of piperazine rings is 1. The molecule has 2 aliphatic heterocycles. The van der Waals surface area contributed by atoms with Crippen molar-refractivity contribution in [2.45, 2.75) is 44.7 Å². The standard InChI is InChI=1S/C25H34F3N3O3/c26-25(27,28)21-5-2-6-22(16-21)30-13-11-29(12-14-30)9-7-20-17-31(24(34)18-3-1-4-18)10-8-19(20)15-23(32)33/h2,5-6,16,18-20H,1,3-4,7-15,17H2,(H,32,33)/t19-,20-/m0/s1. The maximum atomic E-state index is 13.0. The van der Waals surface area contributed by atoms with Crippen molar-refractivity contribution in [2.24, 2.45) is 17.8 Å². The first kappa shape index (κ1) is 24.8. The van der Waals surface area contributed by atoms with Crippen LogP contribution in [0.5, 0.6) is 0 Å². The number of nitrogens with zero attached hydrogens (tertiary/aromatic N) is 2. The number of benzene rings is 1. The first-order chi connectivity index (χ1) is 16.2. The van der Waals surface area contributed by atoms with E-state index in [9.17, 15) is 27.9 Å². The Balaban J connectivity index is 1.30. The summed E-state index contributed by atoms with van der Waals surface area (Å²) < 4.78 is 39.1. The number of likely N-dealkylation sites (tertiary alicyclic amines) is 1. The summed E-state index contributed by atoms with van der Waals surface area (Å²) in [5.74, 6) is -0.486. The highest BCUT2D eigenvalue weighted by molar-refractivity contribution is 5.79. The molecule has 1 aliphatic carbocycles. The van der Waals surface area contributed by atoms with Crippen LogP contribution in [0.4, 0.5) is 18.9 Å². The highest BCUT2D eigenvalue weighted by Crippen LogP contribution is 2.34. The van der Waals surface area contributed by atoms with E-state index in [0.29, 0.717) is 38.3 Å². The minimum absolute atomic E-state index is 0.0289. The van der Waals surface area contributed by atoms with E-state index in [0.717, 1.165) is 51.4 Å². The van der Waals surface area contributed by atoms with Crippen LogP contribution in [0.15, 0.2) is 24.3 Å². The Morgan fingerprint density at radius 3 is 2.41 bits per heavy atom. The molecule has 0 unspecified atom stereocenters. The number of quaternary nitrogens is 1. The lowest BCUT2D eigenvalue weighted by atomic mass is 9.79. The van der Waals surface area contributed by atoms with Crippen LogP contribution in [0.3, 0.4) is 0 Å². The van der Waals surface area contributed by atoms with Gasteiger partial charge in [0.05, 0.1) is 38.3 Å². The van der Waals surface area contributed by atoms with E-state index in [-0.39, 0.29) is 30.1 Å². The van der Waals surface area contributed by atoms with Crippen molar-refractivity contribution in [2.75, 3.05) is 50.7 Å². The van der Waals surface area contributed by atoms with Crippen LogP contribution in [-0.4, -0.2) is 62.6 Å². The first-order valence-corrected chi connectivity index (χ1v) is 12.4. The lowest BCUT2D eigenvalue weighted by Crippen LogP contribution is -3.15. The molecule has 0 aromatic heterocycles. The number of hydrogen-bond donors (Lipinski definition) is 1. The second kappa shape index (κ2) is 10.5. The average Bonchev–Trinajstić information content (AvgIpc) is 2.77. The molecule has 1 N–H and O–H groups in total. The van der Waals surface area contributed by atoms with Crippen LogP contribution in [0, 0.1) is 17.8 Å². The Labute approximate surface area is 198 Å². The number of carboxylic acids is 1. The smallest absolute Gasteiger partial charge is 0.416 e. The monoisotopic (exact) mass is 481 g/mol. The summed E-state index contributed by atoms with van der Waals surface area (Å²) >= 11 is 0. The van der Waals surface area contributed by atoms with Gasteiger partial charge in [-0.15, -0.1) is 0 Å². The minimum atomic E-state index is -4.35. The molecule has 34 heavy (non-hydrogen) atoms. The molecular weight excluding hydrogens is 447 g/mol. The van der Waals surface area contributed by atoms with E-state index in [2.05, 4.69) is 0 Å². The third-order valence-corrected chi connectivity index (χ3v) is 7.96. The maximum Gasteiger partial charge on any atom is 0.416 e. The van der Waals surface area contributed by atoms with Crippen molar-refractivity contribution in [3.05, 3.63) is 29.8 Å². The highest BCUT2D eigenvalue weighted by atomic mass is 19.4. The number of amides is 1. The Bertz CT molecular complexity index is 866. The van der Waals surface area contributed by atoms with Crippen LogP contribution in [0.1, 0.15) is 44.1 Å². The van der Waals surface area contributed by atoms with Gasteiger partial charge in [-0.25, -0.2) is 0 Å². The molecule has 1 aromatic rings. The molecule has 188 valence electrons. The third-order valence-electron chi connectivity index (χ3n) is 7.96. The van der Waals surface area contributed by atoms with Gasteiger partial charge < -0.3 is 24.6 Å². The fraction of sp³-hybridized carbons (Fsp3) is 0.680. The summed E-state index contributed by atoms with van der Waals surface area (Å²) in [5.41, 5.74) is -0.0302. The molecule has 3 fully saturated rings. The molecule has 1 saturated carbocycles. The molecule has 1 amide bonds. The SMILES string of the molecule is O=C([O-])C[C@@H]1CCN(C(=O)C2CCC2)C[C@@H]1CC[NH+]1CCN(c2cccc(C(F)(F)F)c2)CC1. The molecule has 4 rings (SSSR count). The van der Waals surface area contributed by atoms with Gasteiger partial charge in [-0.05, 0) is 55.7 Å². The van der Waals surface area contributed by atoms with E-state index in [4.69, 9.17) is 0 Å². The van der Waals surface area contributed by atoms with Crippen LogP contribution >= 0.6 is 0 Å². The van der Waals surface area contributed by atoms with E-state index < -0.39 is 17.7 Å². The Morgan fingerprint density at radius 1 is 1.06 bits per heavy atom. The van der Waals surface area contributed by atoms with Crippen molar-refractivity contribution in [1.29, 1.82) is 0 Å². The van der Waals surface area contributed by atoms with Crippen LogP contribution in [0.2, 0.25) is 0 Å². The van der Waals surface area contributed by atoms with E-state index in [1.807, 2.05) is 9.80 Å². The average molecular weight is 482 g/mol. The fourth-order valence-corrected chi connectivity index (χ4v) is 5.60. The number of rotatable bonds is 7. The van der Waals surface area contributed by atoms with Gasteiger partial charge in [-0.3, -0.25) is 4.79 Å². The number of carbonyl (C=O) groups is 2. The molecule has 2 heterocycles. The molecule has 0 radical (unpaired) electrons. The van der Waals surface area contributed by atoms with Crippen molar-refractivity contribution in [3.63, 3.8) is 0 Å². The minimum Gasteiger partial charge on any atom is -0.550 e. The first-order valence-electron chi connectivity index (χ1n) is 12.4. The zero-order valence-corrected chi connectivity index (χ0v) is 19.5. The lowest BCUT2D eigenvalue weighted by Gasteiger charge is -2.42. The van der Waals surface area contributed by atoms with Gasteiger partial charge in [0.25, 0.3) is 0 Å². The topological polar surface area (TPSA) is 68.1 Å². The lowest BCUT2D eigenvalue weighted by molar-refractivity contribution is -0.901. The normalized spacial score (nSPS) is 24.7. The Kier molecular flexibility index (Phi) is 7.70. The molecule has 0 spiro atoms. The molecule has 0 bridgehead atoms. The van der Waals surface area contributed by atoms with Gasteiger partial charge >= 0.3 is 6.18 Å². The summed E-state index contributed by atoms with van der Waals surface area (Å²) in [6, 6.07) is 5.48.